The highest BCUT2D eigenvalue weighted by Gasteiger charge is 2.21. The molecule has 1 unspecified atom stereocenters. The first-order chi connectivity index (χ1) is 8.40. The lowest BCUT2D eigenvalue weighted by atomic mass is 10.0. The second-order valence-electron chi connectivity index (χ2n) is 4.36. The first-order valence-electron chi connectivity index (χ1n) is 5.89. The first-order valence-corrected chi connectivity index (χ1v) is 5.89. The van der Waals surface area contributed by atoms with Gasteiger partial charge >= 0.3 is 0 Å². The van der Waals surface area contributed by atoms with Gasteiger partial charge in [-0.05, 0) is 25.0 Å². The fourth-order valence-electron chi connectivity index (χ4n) is 2.42. The van der Waals surface area contributed by atoms with E-state index in [1.807, 2.05) is 28.8 Å². The molecular formula is C13H14N2O2. The van der Waals surface area contributed by atoms with Gasteiger partial charge in [0.2, 0.25) is 0 Å². The highest BCUT2D eigenvalue weighted by atomic mass is 16.5. The van der Waals surface area contributed by atoms with Crippen LogP contribution in [0.3, 0.4) is 0 Å². The van der Waals surface area contributed by atoms with Crippen molar-refractivity contribution in [3.8, 4) is 0 Å². The normalized spacial score (nSPS) is 20.6. The minimum atomic E-state index is 0.298. The minimum Gasteiger partial charge on any atom is -0.381 e. The number of aromatic nitrogens is 2. The molecule has 4 heteroatoms. The number of nitrogens with zero attached hydrogens (tertiary/aromatic N) is 2. The third-order valence-electron chi connectivity index (χ3n) is 3.25. The molecule has 0 N–H and O–H groups in total. The standard InChI is InChI=1S/C13H14N2O2/c16-8-12-5-1-4-11-7-14-13(15(11)12)10-3-2-6-17-9-10/h1,4-5,7-8,10H,2-3,6,9H2. The van der Waals surface area contributed by atoms with E-state index in [1.165, 1.54) is 0 Å². The third-order valence-corrected chi connectivity index (χ3v) is 3.25. The van der Waals surface area contributed by atoms with Crippen molar-refractivity contribution in [1.82, 2.24) is 9.38 Å². The van der Waals surface area contributed by atoms with Crippen molar-refractivity contribution in [3.63, 3.8) is 0 Å². The number of imidazole rings is 1. The molecular weight excluding hydrogens is 216 g/mol. The number of fused-ring (bicyclic) bond motifs is 1. The van der Waals surface area contributed by atoms with Gasteiger partial charge in [-0.1, -0.05) is 6.07 Å². The molecule has 17 heavy (non-hydrogen) atoms. The highest BCUT2D eigenvalue weighted by Crippen LogP contribution is 2.25. The number of aldehydes is 1. The van der Waals surface area contributed by atoms with Gasteiger partial charge < -0.3 is 4.74 Å². The lowest BCUT2D eigenvalue weighted by Gasteiger charge is -2.21. The van der Waals surface area contributed by atoms with E-state index in [0.717, 1.165) is 37.1 Å². The minimum absolute atomic E-state index is 0.298. The maximum absolute atomic E-state index is 11.1. The Morgan fingerprint density at radius 3 is 3.18 bits per heavy atom. The third kappa shape index (κ3) is 1.74. The van der Waals surface area contributed by atoms with E-state index in [2.05, 4.69) is 4.98 Å². The van der Waals surface area contributed by atoms with Crippen molar-refractivity contribution in [2.75, 3.05) is 13.2 Å². The Morgan fingerprint density at radius 1 is 1.47 bits per heavy atom. The summed E-state index contributed by atoms with van der Waals surface area (Å²) >= 11 is 0. The zero-order valence-electron chi connectivity index (χ0n) is 9.50. The summed E-state index contributed by atoms with van der Waals surface area (Å²) < 4.78 is 7.42. The number of rotatable bonds is 2. The molecule has 1 aliphatic heterocycles. The van der Waals surface area contributed by atoms with E-state index >= 15 is 0 Å². The Hall–Kier alpha value is -1.68. The van der Waals surface area contributed by atoms with E-state index < -0.39 is 0 Å². The van der Waals surface area contributed by atoms with Gasteiger partial charge in [-0.15, -0.1) is 0 Å². The largest absolute Gasteiger partial charge is 0.381 e. The lowest BCUT2D eigenvalue weighted by Crippen LogP contribution is -2.18. The number of ether oxygens (including phenoxy) is 1. The van der Waals surface area contributed by atoms with Crippen LogP contribution in [0.2, 0.25) is 0 Å². The molecule has 0 bridgehead atoms. The fourth-order valence-corrected chi connectivity index (χ4v) is 2.42. The van der Waals surface area contributed by atoms with Gasteiger partial charge in [-0.25, -0.2) is 4.98 Å². The van der Waals surface area contributed by atoms with Crippen molar-refractivity contribution in [2.45, 2.75) is 18.8 Å². The first kappa shape index (κ1) is 10.5. The Bertz CT molecular complexity index is 541. The van der Waals surface area contributed by atoms with Crippen LogP contribution in [0.4, 0.5) is 0 Å². The summed E-state index contributed by atoms with van der Waals surface area (Å²) in [7, 11) is 0. The van der Waals surface area contributed by atoms with Crippen LogP contribution < -0.4 is 0 Å². The summed E-state index contributed by atoms with van der Waals surface area (Å²) in [5.41, 5.74) is 1.62. The second-order valence-corrected chi connectivity index (χ2v) is 4.36. The van der Waals surface area contributed by atoms with Gasteiger partial charge in [0.25, 0.3) is 0 Å². The summed E-state index contributed by atoms with van der Waals surface area (Å²) in [6.45, 7) is 1.53. The van der Waals surface area contributed by atoms with Crippen molar-refractivity contribution in [3.05, 3.63) is 35.9 Å². The van der Waals surface area contributed by atoms with Crippen LogP contribution in [0, 0.1) is 0 Å². The van der Waals surface area contributed by atoms with Crippen LogP contribution in [-0.2, 0) is 4.74 Å². The predicted octanol–water partition coefficient (Wildman–Crippen LogP) is 2.04. The van der Waals surface area contributed by atoms with Gasteiger partial charge in [0.05, 0.1) is 24.0 Å². The Balaban J connectivity index is 2.12. The summed E-state index contributed by atoms with van der Waals surface area (Å²) in [5, 5.41) is 0. The molecule has 1 aliphatic rings. The van der Waals surface area contributed by atoms with Crippen molar-refractivity contribution >= 4 is 11.8 Å². The Morgan fingerprint density at radius 2 is 2.41 bits per heavy atom. The van der Waals surface area contributed by atoms with E-state index in [-0.39, 0.29) is 0 Å². The van der Waals surface area contributed by atoms with Crippen LogP contribution in [-0.4, -0.2) is 28.9 Å². The molecule has 0 radical (unpaired) electrons. The van der Waals surface area contributed by atoms with Crippen molar-refractivity contribution in [2.24, 2.45) is 0 Å². The van der Waals surface area contributed by atoms with Crippen LogP contribution in [0.25, 0.3) is 5.52 Å². The highest BCUT2D eigenvalue weighted by molar-refractivity contribution is 5.74. The molecule has 1 fully saturated rings. The van der Waals surface area contributed by atoms with E-state index in [9.17, 15) is 4.79 Å². The van der Waals surface area contributed by atoms with Gasteiger partial charge in [0.1, 0.15) is 5.82 Å². The molecule has 4 nitrogen and oxygen atoms in total. The fraction of sp³-hybridized carbons (Fsp3) is 0.385. The number of hydrogen-bond acceptors (Lipinski definition) is 3. The molecule has 0 aromatic carbocycles. The molecule has 0 spiro atoms. The van der Waals surface area contributed by atoms with E-state index in [4.69, 9.17) is 4.74 Å². The molecule has 2 aromatic rings. The van der Waals surface area contributed by atoms with Crippen LogP contribution in [0.15, 0.2) is 24.4 Å². The van der Waals surface area contributed by atoms with Gasteiger partial charge in [0.15, 0.2) is 6.29 Å². The quantitative estimate of drug-likeness (QED) is 0.741. The van der Waals surface area contributed by atoms with E-state index in [1.54, 1.807) is 0 Å². The molecule has 0 saturated carbocycles. The molecule has 88 valence electrons. The zero-order valence-corrected chi connectivity index (χ0v) is 9.50. The molecule has 0 amide bonds. The Kier molecular flexibility index (Phi) is 2.65. The lowest BCUT2D eigenvalue weighted by molar-refractivity contribution is 0.0778. The molecule has 3 heterocycles. The van der Waals surface area contributed by atoms with Crippen molar-refractivity contribution < 1.29 is 9.53 Å². The van der Waals surface area contributed by atoms with Crippen LogP contribution in [0.1, 0.15) is 35.1 Å². The van der Waals surface area contributed by atoms with Crippen LogP contribution >= 0.6 is 0 Å². The number of carbonyl (C=O) groups is 1. The summed E-state index contributed by atoms with van der Waals surface area (Å²) in [4.78, 5) is 15.5. The molecule has 1 atom stereocenters. The number of pyridine rings is 1. The zero-order chi connectivity index (χ0) is 11.7. The van der Waals surface area contributed by atoms with Gasteiger partial charge in [0, 0.05) is 12.5 Å². The van der Waals surface area contributed by atoms with E-state index in [0.29, 0.717) is 18.2 Å². The monoisotopic (exact) mass is 230 g/mol. The average Bonchev–Trinajstić information content (AvgIpc) is 2.83. The summed E-state index contributed by atoms with van der Waals surface area (Å²) in [6, 6.07) is 5.66. The number of hydrogen-bond donors (Lipinski definition) is 0. The molecule has 0 aliphatic carbocycles. The molecule has 3 rings (SSSR count). The topological polar surface area (TPSA) is 43.6 Å². The van der Waals surface area contributed by atoms with Crippen molar-refractivity contribution in [1.29, 1.82) is 0 Å². The number of carbonyl (C=O) groups excluding carboxylic acids is 1. The van der Waals surface area contributed by atoms with Gasteiger partial charge in [-0.2, -0.15) is 0 Å². The SMILES string of the molecule is O=Cc1cccc2cnc(C3CCCOC3)n12. The smallest absolute Gasteiger partial charge is 0.166 e. The second kappa shape index (κ2) is 4.30. The summed E-state index contributed by atoms with van der Waals surface area (Å²) in [5.74, 6) is 1.25. The Labute approximate surface area is 99.2 Å². The predicted molar refractivity (Wildman–Crippen MR) is 63.4 cm³/mol. The average molecular weight is 230 g/mol. The van der Waals surface area contributed by atoms with Crippen LogP contribution in [0.5, 0.6) is 0 Å². The molecule has 2 aromatic heterocycles. The maximum atomic E-state index is 11.1. The van der Waals surface area contributed by atoms with Gasteiger partial charge in [-0.3, -0.25) is 9.20 Å². The molecule has 1 saturated heterocycles. The summed E-state index contributed by atoms with van der Waals surface area (Å²) in [6.07, 6.45) is 4.83. The maximum Gasteiger partial charge on any atom is 0.166 e.